The SMILES string of the molecule is CCCNS(=O)(=O)c1cc(N)c(Br)cc1F. The van der Waals surface area contributed by atoms with Crippen molar-refractivity contribution in [1.29, 1.82) is 0 Å². The zero-order valence-corrected chi connectivity index (χ0v) is 11.0. The van der Waals surface area contributed by atoms with E-state index < -0.39 is 20.7 Å². The Labute approximate surface area is 102 Å². The molecule has 0 spiro atoms. The molecule has 0 aliphatic heterocycles. The van der Waals surface area contributed by atoms with E-state index in [0.29, 0.717) is 10.9 Å². The van der Waals surface area contributed by atoms with Crippen LogP contribution in [0.3, 0.4) is 0 Å². The Morgan fingerprint density at radius 2 is 2.12 bits per heavy atom. The molecule has 0 heterocycles. The molecule has 7 heteroatoms. The summed E-state index contributed by atoms with van der Waals surface area (Å²) in [6, 6.07) is 2.13. The van der Waals surface area contributed by atoms with Crippen LogP contribution in [-0.2, 0) is 10.0 Å². The quantitative estimate of drug-likeness (QED) is 0.834. The Kier molecular flexibility index (Phi) is 4.28. The number of anilines is 1. The minimum absolute atomic E-state index is 0.179. The van der Waals surface area contributed by atoms with Crippen molar-refractivity contribution in [2.75, 3.05) is 12.3 Å². The summed E-state index contributed by atoms with van der Waals surface area (Å²) < 4.78 is 39.4. The maximum Gasteiger partial charge on any atom is 0.243 e. The van der Waals surface area contributed by atoms with Crippen molar-refractivity contribution in [3.63, 3.8) is 0 Å². The average Bonchev–Trinajstić information content (AvgIpc) is 2.20. The largest absolute Gasteiger partial charge is 0.398 e. The van der Waals surface area contributed by atoms with Crippen LogP contribution >= 0.6 is 15.9 Å². The second-order valence-corrected chi connectivity index (χ2v) is 5.79. The highest BCUT2D eigenvalue weighted by atomic mass is 79.9. The Balaban J connectivity index is 3.18. The second-order valence-electron chi connectivity index (χ2n) is 3.20. The highest BCUT2D eigenvalue weighted by molar-refractivity contribution is 9.10. The van der Waals surface area contributed by atoms with E-state index in [1.165, 1.54) is 0 Å². The van der Waals surface area contributed by atoms with E-state index in [9.17, 15) is 12.8 Å². The Bertz CT molecular complexity index is 491. The number of rotatable bonds is 4. The summed E-state index contributed by atoms with van der Waals surface area (Å²) in [5.41, 5.74) is 5.69. The molecule has 0 saturated carbocycles. The van der Waals surface area contributed by atoms with Gasteiger partial charge in [-0.25, -0.2) is 17.5 Å². The third-order valence-corrected chi connectivity index (χ3v) is 4.05. The molecule has 0 aromatic heterocycles. The fourth-order valence-corrected chi connectivity index (χ4v) is 2.61. The Morgan fingerprint density at radius 3 is 2.69 bits per heavy atom. The second kappa shape index (κ2) is 5.11. The first-order valence-corrected chi connectivity index (χ1v) is 6.90. The van der Waals surface area contributed by atoms with E-state index in [4.69, 9.17) is 5.73 Å². The summed E-state index contributed by atoms with van der Waals surface area (Å²) in [7, 11) is -3.82. The predicted molar refractivity (Wildman–Crippen MR) is 64.0 cm³/mol. The smallest absolute Gasteiger partial charge is 0.243 e. The van der Waals surface area contributed by atoms with Crippen LogP contribution in [0.4, 0.5) is 10.1 Å². The van der Waals surface area contributed by atoms with Crippen molar-refractivity contribution in [2.45, 2.75) is 18.2 Å². The molecule has 1 rings (SSSR count). The average molecular weight is 311 g/mol. The van der Waals surface area contributed by atoms with Gasteiger partial charge < -0.3 is 5.73 Å². The number of nitrogen functional groups attached to an aromatic ring is 1. The van der Waals surface area contributed by atoms with Crippen molar-refractivity contribution in [2.24, 2.45) is 0 Å². The number of hydrogen-bond acceptors (Lipinski definition) is 3. The van der Waals surface area contributed by atoms with Gasteiger partial charge in [-0.05, 0) is 34.5 Å². The minimum Gasteiger partial charge on any atom is -0.398 e. The van der Waals surface area contributed by atoms with E-state index in [2.05, 4.69) is 20.7 Å². The monoisotopic (exact) mass is 310 g/mol. The topological polar surface area (TPSA) is 72.2 Å². The first-order chi connectivity index (χ1) is 7.38. The van der Waals surface area contributed by atoms with Gasteiger partial charge in [-0.15, -0.1) is 0 Å². The molecular weight excluding hydrogens is 299 g/mol. The molecule has 0 aliphatic carbocycles. The number of hydrogen-bond donors (Lipinski definition) is 2. The predicted octanol–water partition coefficient (Wildman–Crippen LogP) is 1.86. The fraction of sp³-hybridized carbons (Fsp3) is 0.333. The van der Waals surface area contributed by atoms with Gasteiger partial charge in [0, 0.05) is 16.7 Å². The van der Waals surface area contributed by atoms with Gasteiger partial charge in [0.15, 0.2) is 0 Å². The van der Waals surface area contributed by atoms with Crippen LogP contribution in [0.1, 0.15) is 13.3 Å². The molecule has 0 bridgehead atoms. The van der Waals surface area contributed by atoms with Gasteiger partial charge in [0.25, 0.3) is 0 Å². The molecule has 0 amide bonds. The Morgan fingerprint density at radius 1 is 1.50 bits per heavy atom. The number of halogens is 2. The summed E-state index contributed by atoms with van der Waals surface area (Å²) in [6.45, 7) is 2.08. The maximum atomic E-state index is 13.4. The Hall–Kier alpha value is -0.660. The van der Waals surface area contributed by atoms with E-state index in [-0.39, 0.29) is 12.2 Å². The molecule has 0 saturated heterocycles. The van der Waals surface area contributed by atoms with Gasteiger partial charge in [-0.3, -0.25) is 0 Å². The fourth-order valence-electron chi connectivity index (χ4n) is 1.06. The lowest BCUT2D eigenvalue weighted by Crippen LogP contribution is -2.25. The van der Waals surface area contributed by atoms with Crippen LogP contribution in [-0.4, -0.2) is 15.0 Å². The number of benzene rings is 1. The molecule has 1 aromatic rings. The summed E-state index contributed by atoms with van der Waals surface area (Å²) in [6.07, 6.45) is 0.632. The molecule has 1 aromatic carbocycles. The minimum atomic E-state index is -3.82. The standard InChI is InChI=1S/C9H12BrFN2O2S/c1-2-3-13-16(14,15)9-5-8(12)6(10)4-7(9)11/h4-5,13H,2-3,12H2,1H3. The molecular formula is C9H12BrFN2O2S. The molecule has 16 heavy (non-hydrogen) atoms. The van der Waals surface area contributed by atoms with E-state index >= 15 is 0 Å². The van der Waals surface area contributed by atoms with Crippen LogP contribution in [0.25, 0.3) is 0 Å². The van der Waals surface area contributed by atoms with Crippen LogP contribution < -0.4 is 10.5 Å². The van der Waals surface area contributed by atoms with Gasteiger partial charge >= 0.3 is 0 Å². The first kappa shape index (κ1) is 13.4. The van der Waals surface area contributed by atoms with Crippen LogP contribution in [0.15, 0.2) is 21.5 Å². The highest BCUT2D eigenvalue weighted by Crippen LogP contribution is 2.25. The molecule has 0 unspecified atom stereocenters. The van der Waals surface area contributed by atoms with Crippen molar-refractivity contribution in [3.8, 4) is 0 Å². The third kappa shape index (κ3) is 2.93. The van der Waals surface area contributed by atoms with E-state index in [0.717, 1.165) is 12.1 Å². The summed E-state index contributed by atoms with van der Waals surface area (Å²) in [5.74, 6) is -0.829. The van der Waals surface area contributed by atoms with Gasteiger partial charge in [0.1, 0.15) is 10.7 Å². The molecule has 0 radical (unpaired) electrons. The molecule has 4 nitrogen and oxygen atoms in total. The van der Waals surface area contributed by atoms with Crippen molar-refractivity contribution in [3.05, 3.63) is 22.4 Å². The summed E-state index contributed by atoms with van der Waals surface area (Å²) in [5, 5.41) is 0. The number of nitrogens with one attached hydrogen (secondary N) is 1. The third-order valence-electron chi connectivity index (χ3n) is 1.88. The molecule has 0 fully saturated rings. The normalized spacial score (nSPS) is 11.7. The lowest BCUT2D eigenvalue weighted by atomic mass is 10.3. The zero-order chi connectivity index (χ0) is 12.3. The number of sulfonamides is 1. The molecule has 0 aliphatic rings. The zero-order valence-electron chi connectivity index (χ0n) is 8.63. The van der Waals surface area contributed by atoms with Crippen LogP contribution in [0.5, 0.6) is 0 Å². The van der Waals surface area contributed by atoms with Gasteiger partial charge in [-0.2, -0.15) is 0 Å². The lowest BCUT2D eigenvalue weighted by Gasteiger charge is -2.08. The van der Waals surface area contributed by atoms with Gasteiger partial charge in [0.2, 0.25) is 10.0 Å². The lowest BCUT2D eigenvalue weighted by molar-refractivity contribution is 0.556. The highest BCUT2D eigenvalue weighted by Gasteiger charge is 2.19. The van der Waals surface area contributed by atoms with E-state index in [1.807, 2.05) is 6.92 Å². The van der Waals surface area contributed by atoms with Crippen LogP contribution in [0.2, 0.25) is 0 Å². The van der Waals surface area contributed by atoms with Crippen molar-refractivity contribution < 1.29 is 12.8 Å². The van der Waals surface area contributed by atoms with Gasteiger partial charge in [0.05, 0.1) is 0 Å². The van der Waals surface area contributed by atoms with Crippen molar-refractivity contribution in [1.82, 2.24) is 4.72 Å². The summed E-state index contributed by atoms with van der Waals surface area (Å²) in [4.78, 5) is -0.429. The molecule has 3 N–H and O–H groups in total. The first-order valence-electron chi connectivity index (χ1n) is 4.62. The number of nitrogens with two attached hydrogens (primary N) is 1. The van der Waals surface area contributed by atoms with Gasteiger partial charge in [-0.1, -0.05) is 6.92 Å². The van der Waals surface area contributed by atoms with Crippen LogP contribution in [0, 0.1) is 5.82 Å². The molecule has 90 valence electrons. The molecule has 0 atom stereocenters. The van der Waals surface area contributed by atoms with E-state index in [1.54, 1.807) is 0 Å². The summed E-state index contributed by atoms with van der Waals surface area (Å²) >= 11 is 3.02. The maximum absolute atomic E-state index is 13.4. The van der Waals surface area contributed by atoms with Crippen molar-refractivity contribution >= 4 is 31.6 Å².